The summed E-state index contributed by atoms with van der Waals surface area (Å²) in [6, 6.07) is 9.83. The normalized spacial score (nSPS) is 14.1. The van der Waals surface area contributed by atoms with Crippen molar-refractivity contribution in [2.45, 2.75) is 13.0 Å². The van der Waals surface area contributed by atoms with Crippen LogP contribution in [-0.2, 0) is 0 Å². The molecular weight excluding hydrogens is 226 g/mol. The van der Waals surface area contributed by atoms with E-state index in [4.69, 9.17) is 0 Å². The fourth-order valence-electron chi connectivity index (χ4n) is 1.10. The first-order valence-electron chi connectivity index (χ1n) is 4.62. The summed E-state index contributed by atoms with van der Waals surface area (Å²) < 4.78 is 0.970. The van der Waals surface area contributed by atoms with Gasteiger partial charge < -0.3 is 5.11 Å². The molecule has 15 heavy (non-hydrogen) atoms. The molecule has 0 saturated carbocycles. The van der Waals surface area contributed by atoms with Gasteiger partial charge in [0.25, 0.3) is 0 Å². The molecule has 1 aromatic carbocycles. The minimum Gasteiger partial charge on any atom is -0.388 e. The highest BCUT2D eigenvalue weighted by Crippen LogP contribution is 2.18. The third-order valence-corrected chi connectivity index (χ3v) is 4.18. The summed E-state index contributed by atoms with van der Waals surface area (Å²) in [5.41, 5.74) is 0.952. The van der Waals surface area contributed by atoms with Gasteiger partial charge in [0.05, 0.1) is 11.8 Å². The Hall–Kier alpha value is -0.970. The predicted octanol–water partition coefficient (Wildman–Crippen LogP) is 3.10. The van der Waals surface area contributed by atoms with E-state index in [1.807, 2.05) is 35.7 Å². The predicted molar refractivity (Wildman–Crippen MR) is 64.5 cm³/mol. The maximum absolute atomic E-state index is 9.38. The molecule has 4 heteroatoms. The largest absolute Gasteiger partial charge is 0.388 e. The van der Waals surface area contributed by atoms with E-state index in [2.05, 4.69) is 4.99 Å². The summed E-state index contributed by atoms with van der Waals surface area (Å²) in [4.78, 5) is 5.44. The molecule has 0 saturated heterocycles. The smallest absolute Gasteiger partial charge is 0.171 e. The zero-order valence-electron chi connectivity index (χ0n) is 8.25. The first-order chi connectivity index (χ1) is 7.25. The minimum absolute atomic E-state index is 0.397. The van der Waals surface area contributed by atoms with Crippen LogP contribution in [0.4, 0.5) is 5.69 Å². The summed E-state index contributed by atoms with van der Waals surface area (Å²) in [7, 11) is 0. The van der Waals surface area contributed by atoms with E-state index in [0.29, 0.717) is 0 Å². The summed E-state index contributed by atoms with van der Waals surface area (Å²) >= 11 is 3.10. The molecule has 1 atom stereocenters. The van der Waals surface area contributed by atoms with Crippen LogP contribution >= 0.6 is 22.7 Å². The number of aliphatic hydroxyl groups is 1. The van der Waals surface area contributed by atoms with Crippen LogP contribution in [-0.4, -0.2) is 5.11 Å². The maximum atomic E-state index is 9.38. The molecule has 78 valence electrons. The number of para-hydroxylation sites is 1. The lowest BCUT2D eigenvalue weighted by Crippen LogP contribution is -1.87. The van der Waals surface area contributed by atoms with Crippen molar-refractivity contribution in [1.82, 2.24) is 0 Å². The Bertz CT molecular complexity index is 485. The Morgan fingerprint density at radius 2 is 2.00 bits per heavy atom. The third kappa shape index (κ3) is 2.75. The van der Waals surface area contributed by atoms with Gasteiger partial charge in [-0.1, -0.05) is 18.2 Å². The van der Waals surface area contributed by atoms with Crippen molar-refractivity contribution in [2.24, 2.45) is 4.99 Å². The number of aliphatic hydroxyl groups excluding tert-OH is 1. The van der Waals surface area contributed by atoms with Crippen LogP contribution in [0.2, 0.25) is 0 Å². The maximum Gasteiger partial charge on any atom is 0.171 e. The molecule has 0 amide bonds. The van der Waals surface area contributed by atoms with Crippen molar-refractivity contribution < 1.29 is 5.11 Å². The molecule has 0 fully saturated rings. The molecular formula is C11H11NOS2. The summed E-state index contributed by atoms with van der Waals surface area (Å²) in [5.74, 6) is 0. The van der Waals surface area contributed by atoms with Crippen molar-refractivity contribution in [3.8, 4) is 0 Å². The second kappa shape index (κ2) is 4.70. The van der Waals surface area contributed by atoms with E-state index in [-0.39, 0.29) is 0 Å². The molecule has 0 aliphatic heterocycles. The van der Waals surface area contributed by atoms with Crippen molar-refractivity contribution in [3.63, 3.8) is 0 Å². The van der Waals surface area contributed by atoms with Gasteiger partial charge in [0.15, 0.2) is 3.98 Å². The second-order valence-electron chi connectivity index (χ2n) is 3.13. The van der Waals surface area contributed by atoms with E-state index in [1.54, 1.807) is 18.3 Å². The van der Waals surface area contributed by atoms with Gasteiger partial charge in [-0.05, 0) is 19.1 Å². The van der Waals surface area contributed by atoms with Crippen LogP contribution < -0.4 is 3.98 Å². The highest BCUT2D eigenvalue weighted by atomic mass is 32.2. The zero-order chi connectivity index (χ0) is 10.7. The lowest BCUT2D eigenvalue weighted by molar-refractivity contribution is 0.203. The standard InChI is InChI=1S/C11H11NOS2/c1-8(13)10-7-14-11(15-10)12-9-5-3-2-4-6-9/h2-8,13H,1H3. The molecule has 1 unspecified atom stereocenters. The van der Waals surface area contributed by atoms with Crippen molar-refractivity contribution >= 4 is 28.4 Å². The van der Waals surface area contributed by atoms with Gasteiger partial charge in [-0.15, -0.1) is 22.7 Å². The molecule has 2 nitrogen and oxygen atoms in total. The lowest BCUT2D eigenvalue weighted by Gasteiger charge is -1.94. The third-order valence-electron chi connectivity index (χ3n) is 1.87. The molecule has 0 spiro atoms. The summed E-state index contributed by atoms with van der Waals surface area (Å²) in [6.07, 6.45) is -0.397. The van der Waals surface area contributed by atoms with Gasteiger partial charge in [0, 0.05) is 10.3 Å². The van der Waals surface area contributed by atoms with Crippen LogP contribution in [0.5, 0.6) is 0 Å². The van der Waals surface area contributed by atoms with Crippen molar-refractivity contribution in [2.75, 3.05) is 0 Å². The number of benzene rings is 1. The van der Waals surface area contributed by atoms with Gasteiger partial charge in [-0.3, -0.25) is 0 Å². The number of nitrogens with zero attached hydrogens (tertiary/aromatic N) is 1. The Kier molecular flexibility index (Phi) is 3.30. The Labute approximate surface area is 96.2 Å². The van der Waals surface area contributed by atoms with E-state index in [0.717, 1.165) is 14.5 Å². The van der Waals surface area contributed by atoms with Crippen LogP contribution in [0.25, 0.3) is 0 Å². The second-order valence-corrected chi connectivity index (χ2v) is 5.31. The van der Waals surface area contributed by atoms with Gasteiger partial charge in [0.1, 0.15) is 0 Å². The SMILES string of the molecule is CC(O)c1csc(=Nc2ccccc2)s1. The van der Waals surface area contributed by atoms with E-state index in [9.17, 15) is 5.11 Å². The van der Waals surface area contributed by atoms with Crippen LogP contribution in [0.3, 0.4) is 0 Å². The van der Waals surface area contributed by atoms with Crippen LogP contribution in [0.15, 0.2) is 40.7 Å². The molecule has 2 aromatic rings. The molecule has 0 aliphatic carbocycles. The number of hydrogen-bond donors (Lipinski definition) is 1. The Balaban J connectivity index is 2.34. The lowest BCUT2D eigenvalue weighted by atomic mass is 10.3. The molecule has 0 aliphatic rings. The molecule has 1 heterocycles. The van der Waals surface area contributed by atoms with Crippen molar-refractivity contribution in [3.05, 3.63) is 44.6 Å². The molecule has 0 bridgehead atoms. The molecule has 0 radical (unpaired) electrons. The number of hydrogen-bond acceptors (Lipinski definition) is 4. The summed E-state index contributed by atoms with van der Waals surface area (Å²) in [6.45, 7) is 1.77. The highest BCUT2D eigenvalue weighted by molar-refractivity contribution is 7.26. The Morgan fingerprint density at radius 1 is 1.27 bits per heavy atom. The number of rotatable bonds is 2. The van der Waals surface area contributed by atoms with Gasteiger partial charge in [-0.25, -0.2) is 4.99 Å². The average molecular weight is 237 g/mol. The first-order valence-corrected chi connectivity index (χ1v) is 6.32. The Morgan fingerprint density at radius 3 is 2.60 bits per heavy atom. The fourth-order valence-corrected chi connectivity index (χ4v) is 3.16. The van der Waals surface area contributed by atoms with E-state index < -0.39 is 6.10 Å². The quantitative estimate of drug-likeness (QED) is 0.855. The molecule has 1 N–H and O–H groups in total. The zero-order valence-corrected chi connectivity index (χ0v) is 9.89. The van der Waals surface area contributed by atoms with Crippen molar-refractivity contribution in [1.29, 1.82) is 0 Å². The van der Waals surface area contributed by atoms with Gasteiger partial charge >= 0.3 is 0 Å². The monoisotopic (exact) mass is 237 g/mol. The average Bonchev–Trinajstić information content (AvgIpc) is 2.68. The van der Waals surface area contributed by atoms with Gasteiger partial charge in [0.2, 0.25) is 0 Å². The van der Waals surface area contributed by atoms with Crippen LogP contribution in [0, 0.1) is 0 Å². The van der Waals surface area contributed by atoms with E-state index in [1.165, 1.54) is 11.3 Å². The molecule has 2 rings (SSSR count). The minimum atomic E-state index is -0.397. The fraction of sp³-hybridized carbons (Fsp3) is 0.182. The molecule has 1 aromatic heterocycles. The van der Waals surface area contributed by atoms with Gasteiger partial charge in [-0.2, -0.15) is 0 Å². The first kappa shape index (κ1) is 10.5. The van der Waals surface area contributed by atoms with Crippen LogP contribution in [0.1, 0.15) is 17.9 Å². The topological polar surface area (TPSA) is 32.6 Å². The summed E-state index contributed by atoms with van der Waals surface area (Å²) in [5, 5.41) is 11.3. The van der Waals surface area contributed by atoms with E-state index >= 15 is 0 Å². The highest BCUT2D eigenvalue weighted by Gasteiger charge is 2.02.